The lowest BCUT2D eigenvalue weighted by molar-refractivity contribution is 0.396. The molecule has 1 heterocycles. The third-order valence-corrected chi connectivity index (χ3v) is 9.17. The summed E-state index contributed by atoms with van der Waals surface area (Å²) in [6.07, 6.45) is 0.105. The van der Waals surface area contributed by atoms with E-state index in [1.165, 1.54) is 35.3 Å². The third kappa shape index (κ3) is 4.63. The van der Waals surface area contributed by atoms with Gasteiger partial charge in [-0.05, 0) is 56.7 Å². The summed E-state index contributed by atoms with van der Waals surface area (Å²) in [4.78, 5) is 0.100. The predicted octanol–water partition coefficient (Wildman–Crippen LogP) is 4.95. The number of fused-ring (bicyclic) bond motifs is 1. The zero-order chi connectivity index (χ0) is 25.4. The first-order valence-corrected chi connectivity index (χ1v) is 13.6. The molecule has 0 saturated heterocycles. The van der Waals surface area contributed by atoms with Crippen molar-refractivity contribution in [2.45, 2.75) is 35.8 Å². The van der Waals surface area contributed by atoms with Crippen LogP contribution in [0.1, 0.15) is 37.4 Å². The Kier molecular flexibility index (Phi) is 6.86. The van der Waals surface area contributed by atoms with Gasteiger partial charge in [0.15, 0.2) is 0 Å². The molecule has 4 aromatic rings. The lowest BCUT2D eigenvalue weighted by Gasteiger charge is -2.29. The number of nitrogens with two attached hydrogens (primary N) is 1. The maximum absolute atomic E-state index is 15.4. The van der Waals surface area contributed by atoms with Gasteiger partial charge < -0.3 is 4.74 Å². The van der Waals surface area contributed by atoms with E-state index < -0.39 is 37.5 Å². The van der Waals surface area contributed by atoms with E-state index in [0.717, 1.165) is 0 Å². The second kappa shape index (κ2) is 9.56. The molecule has 184 valence electrons. The van der Waals surface area contributed by atoms with E-state index in [1.807, 2.05) is 6.07 Å². The Labute approximate surface area is 207 Å². The standard InChI is InChI=1S/C26H27FN2O4S2/c1-26(2,34(28)30)17-20(25-21(27)13-9-15-24(25)33-3)23-16-18-10-7-8-14-22(18)29(23)35(31,32)19-11-5-4-6-12-19/h4-16,20H,17,28H2,1-3H3/t20-,34?/m0/s1. The number of hydrogen-bond donors (Lipinski definition) is 1. The van der Waals surface area contributed by atoms with E-state index in [-0.39, 0.29) is 22.6 Å². The van der Waals surface area contributed by atoms with Crippen LogP contribution in [0.25, 0.3) is 10.9 Å². The molecule has 4 rings (SSSR count). The molecule has 6 nitrogen and oxygen atoms in total. The molecule has 1 aromatic heterocycles. The molecule has 0 saturated carbocycles. The first-order valence-electron chi connectivity index (χ1n) is 11.0. The summed E-state index contributed by atoms with van der Waals surface area (Å²) < 4.78 is 61.5. The molecule has 2 atom stereocenters. The van der Waals surface area contributed by atoms with Gasteiger partial charge in [-0.15, -0.1) is 0 Å². The number of halogens is 1. The quantitative estimate of drug-likeness (QED) is 0.360. The van der Waals surface area contributed by atoms with Crippen molar-refractivity contribution in [2.24, 2.45) is 5.14 Å². The summed E-state index contributed by atoms with van der Waals surface area (Å²) in [7, 11) is -4.40. The predicted molar refractivity (Wildman–Crippen MR) is 137 cm³/mol. The zero-order valence-electron chi connectivity index (χ0n) is 19.6. The average Bonchev–Trinajstić information content (AvgIpc) is 3.23. The molecule has 0 radical (unpaired) electrons. The van der Waals surface area contributed by atoms with E-state index in [0.29, 0.717) is 16.6 Å². The highest BCUT2D eigenvalue weighted by molar-refractivity contribution is 7.90. The van der Waals surface area contributed by atoms with Gasteiger partial charge in [-0.3, -0.25) is 5.14 Å². The van der Waals surface area contributed by atoms with E-state index in [4.69, 9.17) is 9.88 Å². The molecular weight excluding hydrogens is 487 g/mol. The van der Waals surface area contributed by atoms with Crippen molar-refractivity contribution >= 4 is 31.9 Å². The molecule has 0 aliphatic rings. The first-order chi connectivity index (χ1) is 16.6. The first kappa shape index (κ1) is 25.1. The molecule has 0 aliphatic carbocycles. The zero-order valence-corrected chi connectivity index (χ0v) is 21.3. The van der Waals surface area contributed by atoms with Crippen LogP contribution in [-0.2, 0) is 21.0 Å². The van der Waals surface area contributed by atoms with Crippen LogP contribution in [0.15, 0.2) is 83.8 Å². The van der Waals surface area contributed by atoms with Crippen molar-refractivity contribution in [1.82, 2.24) is 3.97 Å². The lowest BCUT2D eigenvalue weighted by Crippen LogP contribution is -2.35. The van der Waals surface area contributed by atoms with Crippen molar-refractivity contribution in [3.05, 3.63) is 95.9 Å². The molecule has 0 aliphatic heterocycles. The maximum atomic E-state index is 15.4. The van der Waals surface area contributed by atoms with Gasteiger partial charge in [0, 0.05) is 22.6 Å². The molecular formula is C26H27FN2O4S2. The minimum atomic E-state index is -4.07. The van der Waals surface area contributed by atoms with Crippen molar-refractivity contribution < 1.29 is 21.8 Å². The summed E-state index contributed by atoms with van der Waals surface area (Å²) in [5, 5.41) is 6.47. The number of benzene rings is 3. The topological polar surface area (TPSA) is 91.4 Å². The largest absolute Gasteiger partial charge is 0.496 e. The second-order valence-electron chi connectivity index (χ2n) is 8.88. The van der Waals surface area contributed by atoms with Crippen LogP contribution in [0.3, 0.4) is 0 Å². The summed E-state index contributed by atoms with van der Waals surface area (Å²) in [6.45, 7) is 3.42. The highest BCUT2D eigenvalue weighted by Crippen LogP contribution is 2.43. The van der Waals surface area contributed by atoms with Crippen LogP contribution in [0.2, 0.25) is 0 Å². The molecule has 2 N–H and O–H groups in total. The van der Waals surface area contributed by atoms with Gasteiger partial charge in [-0.1, -0.05) is 42.5 Å². The third-order valence-electron chi connectivity index (χ3n) is 6.15. The molecule has 0 bridgehead atoms. The summed E-state index contributed by atoms with van der Waals surface area (Å²) >= 11 is 0. The van der Waals surface area contributed by atoms with Gasteiger partial charge in [0.2, 0.25) is 0 Å². The van der Waals surface area contributed by atoms with Crippen molar-refractivity contribution in [3.8, 4) is 5.75 Å². The molecule has 3 aromatic carbocycles. The Morgan fingerprint density at radius 2 is 1.69 bits per heavy atom. The molecule has 1 unspecified atom stereocenters. The fourth-order valence-corrected chi connectivity index (χ4v) is 6.25. The van der Waals surface area contributed by atoms with Gasteiger partial charge >= 0.3 is 0 Å². The maximum Gasteiger partial charge on any atom is 0.268 e. The fourth-order valence-electron chi connectivity index (χ4n) is 4.32. The van der Waals surface area contributed by atoms with Crippen molar-refractivity contribution in [1.29, 1.82) is 0 Å². The lowest BCUT2D eigenvalue weighted by atomic mass is 9.86. The number of hydrogen-bond acceptors (Lipinski definition) is 4. The van der Waals surface area contributed by atoms with Crippen LogP contribution in [0.4, 0.5) is 4.39 Å². The Hall–Kier alpha value is -3.01. The Balaban J connectivity index is 2.09. The molecule has 0 spiro atoms. The minimum Gasteiger partial charge on any atom is -0.496 e. The van der Waals surface area contributed by atoms with Crippen molar-refractivity contribution in [3.63, 3.8) is 0 Å². The van der Waals surface area contributed by atoms with Crippen LogP contribution < -0.4 is 9.88 Å². The Bertz CT molecular complexity index is 1500. The van der Waals surface area contributed by atoms with Gasteiger partial charge in [0.25, 0.3) is 10.0 Å². The van der Waals surface area contributed by atoms with E-state index >= 15 is 4.39 Å². The molecule has 0 amide bonds. The van der Waals surface area contributed by atoms with Crippen LogP contribution in [-0.4, -0.2) is 28.5 Å². The fraction of sp³-hybridized carbons (Fsp3) is 0.231. The van der Waals surface area contributed by atoms with Gasteiger partial charge in [-0.25, -0.2) is 21.0 Å². The van der Waals surface area contributed by atoms with Gasteiger partial charge in [0.05, 0.1) is 33.3 Å². The number of methoxy groups -OCH3 is 1. The van der Waals surface area contributed by atoms with E-state index in [9.17, 15) is 12.6 Å². The Morgan fingerprint density at radius 1 is 1.03 bits per heavy atom. The monoisotopic (exact) mass is 514 g/mol. The summed E-state index contributed by atoms with van der Waals surface area (Å²) in [5.41, 5.74) is 0.969. The minimum absolute atomic E-state index is 0.100. The van der Waals surface area contributed by atoms with E-state index in [1.54, 1.807) is 62.4 Å². The summed E-state index contributed by atoms with van der Waals surface area (Å²) in [6, 6.07) is 21.3. The van der Waals surface area contributed by atoms with E-state index in [2.05, 4.69) is 0 Å². The van der Waals surface area contributed by atoms with Gasteiger partial charge in [-0.2, -0.15) is 0 Å². The SMILES string of the molecule is COc1cccc(F)c1[C@@H](CC(C)(C)S(N)=O)c1cc2ccccc2n1S(=O)(=O)c1ccccc1. The number of nitrogens with zero attached hydrogens (tertiary/aromatic N) is 1. The number of para-hydroxylation sites is 1. The van der Waals surface area contributed by atoms with Crippen LogP contribution in [0, 0.1) is 5.82 Å². The second-order valence-corrected chi connectivity index (χ2v) is 12.4. The smallest absolute Gasteiger partial charge is 0.268 e. The molecule has 9 heteroatoms. The molecule has 35 heavy (non-hydrogen) atoms. The summed E-state index contributed by atoms with van der Waals surface area (Å²) in [5.74, 6) is -1.12. The van der Waals surface area contributed by atoms with Crippen LogP contribution in [0.5, 0.6) is 5.75 Å². The number of ether oxygens (including phenoxy) is 1. The van der Waals surface area contributed by atoms with Crippen LogP contribution >= 0.6 is 0 Å². The number of rotatable bonds is 8. The highest BCUT2D eigenvalue weighted by Gasteiger charge is 2.36. The average molecular weight is 515 g/mol. The molecule has 0 fully saturated rings. The Morgan fingerprint density at radius 3 is 2.34 bits per heavy atom. The highest BCUT2D eigenvalue weighted by atomic mass is 32.2. The number of aromatic nitrogens is 1. The van der Waals surface area contributed by atoms with Gasteiger partial charge in [0.1, 0.15) is 11.6 Å². The van der Waals surface area contributed by atoms with Crippen molar-refractivity contribution in [2.75, 3.05) is 7.11 Å². The normalized spacial score (nSPS) is 14.1.